The van der Waals surface area contributed by atoms with Crippen molar-refractivity contribution in [3.8, 4) is 6.07 Å². The van der Waals surface area contributed by atoms with Crippen molar-refractivity contribution in [3.63, 3.8) is 0 Å². The number of benzene rings is 1. The highest BCUT2D eigenvalue weighted by molar-refractivity contribution is 7.08. The van der Waals surface area contributed by atoms with Gasteiger partial charge < -0.3 is 0 Å². The Hall–Kier alpha value is -1.56. The largest absolute Gasteiger partial charge is 0.192 e. The standard InChI is InChI=1S/C13H8ClNS/c14-13(11-6-7-16-9-11)12(8-15)10-4-2-1-3-5-10/h1-7,9H. The maximum atomic E-state index is 9.16. The summed E-state index contributed by atoms with van der Waals surface area (Å²) in [6, 6.07) is 13.5. The molecule has 2 aromatic rings. The summed E-state index contributed by atoms with van der Waals surface area (Å²) >= 11 is 7.78. The Morgan fingerprint density at radius 1 is 1.12 bits per heavy atom. The minimum Gasteiger partial charge on any atom is -0.192 e. The lowest BCUT2D eigenvalue weighted by Gasteiger charge is -2.01. The van der Waals surface area contributed by atoms with E-state index in [1.807, 2.05) is 47.2 Å². The molecule has 1 aromatic carbocycles. The van der Waals surface area contributed by atoms with Gasteiger partial charge in [-0.2, -0.15) is 16.6 Å². The smallest absolute Gasteiger partial charge is 0.101 e. The second-order valence-corrected chi connectivity index (χ2v) is 4.34. The summed E-state index contributed by atoms with van der Waals surface area (Å²) in [5.74, 6) is 0. The second-order valence-electron chi connectivity index (χ2n) is 3.18. The molecule has 2 rings (SSSR count). The molecule has 1 heterocycles. The SMILES string of the molecule is N#CC(=C(Cl)c1ccsc1)c1ccccc1. The van der Waals surface area contributed by atoms with Crippen molar-refractivity contribution in [3.05, 3.63) is 58.3 Å². The van der Waals surface area contributed by atoms with Crippen LogP contribution in [-0.4, -0.2) is 0 Å². The van der Waals surface area contributed by atoms with Gasteiger partial charge >= 0.3 is 0 Å². The lowest BCUT2D eigenvalue weighted by molar-refractivity contribution is 1.52. The average molecular weight is 246 g/mol. The van der Waals surface area contributed by atoms with Crippen LogP contribution in [0.25, 0.3) is 10.6 Å². The Balaban J connectivity index is 2.52. The topological polar surface area (TPSA) is 23.8 Å². The van der Waals surface area contributed by atoms with E-state index in [2.05, 4.69) is 6.07 Å². The van der Waals surface area contributed by atoms with Crippen LogP contribution >= 0.6 is 22.9 Å². The van der Waals surface area contributed by atoms with Crippen LogP contribution in [0.1, 0.15) is 11.1 Å². The summed E-state index contributed by atoms with van der Waals surface area (Å²) in [4.78, 5) is 0. The molecule has 0 aliphatic heterocycles. The molecule has 0 saturated heterocycles. The van der Waals surface area contributed by atoms with Gasteiger partial charge in [0.05, 0.1) is 10.6 Å². The number of thiophene rings is 1. The van der Waals surface area contributed by atoms with E-state index in [1.54, 1.807) is 11.3 Å². The highest BCUT2D eigenvalue weighted by atomic mass is 35.5. The molecule has 0 bridgehead atoms. The zero-order chi connectivity index (χ0) is 11.4. The summed E-state index contributed by atoms with van der Waals surface area (Å²) < 4.78 is 0. The zero-order valence-corrected chi connectivity index (χ0v) is 9.92. The van der Waals surface area contributed by atoms with Gasteiger partial charge in [0.1, 0.15) is 6.07 Å². The second kappa shape index (κ2) is 4.98. The maximum Gasteiger partial charge on any atom is 0.101 e. The molecular weight excluding hydrogens is 238 g/mol. The van der Waals surface area contributed by atoms with E-state index in [0.717, 1.165) is 11.1 Å². The van der Waals surface area contributed by atoms with Gasteiger partial charge in [-0.1, -0.05) is 41.9 Å². The highest BCUT2D eigenvalue weighted by Gasteiger charge is 2.08. The minimum atomic E-state index is 0.509. The van der Waals surface area contributed by atoms with Gasteiger partial charge in [-0.15, -0.1) is 0 Å². The van der Waals surface area contributed by atoms with Gasteiger partial charge in [0, 0.05) is 5.56 Å². The predicted octanol–water partition coefficient (Wildman–Crippen LogP) is 4.38. The summed E-state index contributed by atoms with van der Waals surface area (Å²) in [6.45, 7) is 0. The zero-order valence-electron chi connectivity index (χ0n) is 8.35. The van der Waals surface area contributed by atoms with Crippen LogP contribution in [0.3, 0.4) is 0 Å². The van der Waals surface area contributed by atoms with Crippen molar-refractivity contribution < 1.29 is 0 Å². The molecule has 78 valence electrons. The Labute approximate surface area is 103 Å². The summed E-state index contributed by atoms with van der Waals surface area (Å²) in [7, 11) is 0. The number of allylic oxidation sites excluding steroid dienone is 1. The van der Waals surface area contributed by atoms with Gasteiger partial charge in [0.25, 0.3) is 0 Å². The summed E-state index contributed by atoms with van der Waals surface area (Å²) in [6.07, 6.45) is 0. The van der Waals surface area contributed by atoms with Crippen LogP contribution in [-0.2, 0) is 0 Å². The van der Waals surface area contributed by atoms with Crippen molar-refractivity contribution in [1.82, 2.24) is 0 Å². The number of hydrogen-bond acceptors (Lipinski definition) is 2. The third-order valence-corrected chi connectivity index (χ3v) is 3.26. The Kier molecular flexibility index (Phi) is 3.40. The van der Waals surface area contributed by atoms with Gasteiger partial charge in [-0.25, -0.2) is 0 Å². The lowest BCUT2D eigenvalue weighted by Crippen LogP contribution is -1.83. The molecule has 1 aromatic heterocycles. The Morgan fingerprint density at radius 3 is 2.44 bits per heavy atom. The molecule has 0 fully saturated rings. The van der Waals surface area contributed by atoms with Crippen LogP contribution in [0.2, 0.25) is 0 Å². The Morgan fingerprint density at radius 2 is 1.88 bits per heavy atom. The first kappa shape index (κ1) is 10.9. The molecule has 0 atom stereocenters. The van der Waals surface area contributed by atoms with Gasteiger partial charge in [0.15, 0.2) is 0 Å². The van der Waals surface area contributed by atoms with Crippen LogP contribution < -0.4 is 0 Å². The van der Waals surface area contributed by atoms with Crippen molar-refractivity contribution in [2.24, 2.45) is 0 Å². The first-order chi connectivity index (χ1) is 7.83. The first-order valence-electron chi connectivity index (χ1n) is 4.71. The molecule has 0 N–H and O–H groups in total. The molecular formula is C13H8ClNS. The first-order valence-corrected chi connectivity index (χ1v) is 6.03. The fraction of sp³-hybridized carbons (Fsp3) is 0. The van der Waals surface area contributed by atoms with Gasteiger partial charge in [0.2, 0.25) is 0 Å². The van der Waals surface area contributed by atoms with Crippen molar-refractivity contribution in [2.75, 3.05) is 0 Å². The third-order valence-electron chi connectivity index (χ3n) is 2.17. The molecule has 3 heteroatoms. The highest BCUT2D eigenvalue weighted by Crippen LogP contribution is 2.30. The van der Waals surface area contributed by atoms with E-state index in [4.69, 9.17) is 16.9 Å². The van der Waals surface area contributed by atoms with Crippen LogP contribution in [0, 0.1) is 11.3 Å². The van der Waals surface area contributed by atoms with E-state index in [0.29, 0.717) is 10.6 Å². The third kappa shape index (κ3) is 2.16. The average Bonchev–Trinajstić information content (AvgIpc) is 2.85. The molecule has 0 saturated carbocycles. The van der Waals surface area contributed by atoms with E-state index >= 15 is 0 Å². The quantitative estimate of drug-likeness (QED) is 0.721. The summed E-state index contributed by atoms with van der Waals surface area (Å²) in [5, 5.41) is 13.5. The molecule has 0 amide bonds. The van der Waals surface area contributed by atoms with Crippen molar-refractivity contribution in [2.45, 2.75) is 0 Å². The fourth-order valence-electron chi connectivity index (χ4n) is 1.38. The normalized spacial score (nSPS) is 11.8. The summed E-state index contributed by atoms with van der Waals surface area (Å²) in [5.41, 5.74) is 2.26. The minimum absolute atomic E-state index is 0.509. The molecule has 0 aliphatic carbocycles. The molecule has 1 nitrogen and oxygen atoms in total. The van der Waals surface area contributed by atoms with E-state index in [9.17, 15) is 0 Å². The van der Waals surface area contributed by atoms with Crippen molar-refractivity contribution in [1.29, 1.82) is 5.26 Å². The van der Waals surface area contributed by atoms with Gasteiger partial charge in [-0.3, -0.25) is 0 Å². The number of halogens is 1. The van der Waals surface area contributed by atoms with Crippen LogP contribution in [0.15, 0.2) is 47.2 Å². The van der Waals surface area contributed by atoms with E-state index in [1.165, 1.54) is 0 Å². The fourth-order valence-corrected chi connectivity index (χ4v) is 2.36. The van der Waals surface area contributed by atoms with Crippen LogP contribution in [0.5, 0.6) is 0 Å². The van der Waals surface area contributed by atoms with E-state index in [-0.39, 0.29) is 0 Å². The van der Waals surface area contributed by atoms with Gasteiger partial charge in [-0.05, 0) is 22.4 Å². The number of nitriles is 1. The molecule has 0 unspecified atom stereocenters. The lowest BCUT2D eigenvalue weighted by atomic mass is 10.1. The monoisotopic (exact) mass is 245 g/mol. The van der Waals surface area contributed by atoms with Crippen LogP contribution in [0.4, 0.5) is 0 Å². The van der Waals surface area contributed by atoms with Crippen molar-refractivity contribution >= 4 is 33.5 Å². The number of hydrogen-bond donors (Lipinski definition) is 0. The number of nitrogens with zero attached hydrogens (tertiary/aromatic N) is 1. The number of rotatable bonds is 2. The predicted molar refractivity (Wildman–Crippen MR) is 69.0 cm³/mol. The van der Waals surface area contributed by atoms with E-state index < -0.39 is 0 Å². The molecule has 0 aliphatic rings. The molecule has 16 heavy (non-hydrogen) atoms. The molecule has 0 radical (unpaired) electrons. The maximum absolute atomic E-state index is 9.16. The molecule has 0 spiro atoms. The Bertz CT molecular complexity index is 535.